The van der Waals surface area contributed by atoms with Gasteiger partial charge in [-0.05, 0) is 43.9 Å². The summed E-state index contributed by atoms with van der Waals surface area (Å²) < 4.78 is 11.3. The first kappa shape index (κ1) is 15.2. The van der Waals surface area contributed by atoms with Crippen molar-refractivity contribution < 1.29 is 9.47 Å². The molecule has 0 heterocycles. The molecular weight excluding hydrogens is 250 g/mol. The van der Waals surface area contributed by atoms with E-state index in [4.69, 9.17) is 15.2 Å². The summed E-state index contributed by atoms with van der Waals surface area (Å²) in [6, 6.07) is 2.06. The molecular formula is C17H27NO2. The molecule has 1 fully saturated rings. The lowest BCUT2D eigenvalue weighted by molar-refractivity contribution is 0.284. The number of nitrogens with two attached hydrogens (primary N) is 1. The van der Waals surface area contributed by atoms with Crippen LogP contribution in [0.4, 0.5) is 0 Å². The van der Waals surface area contributed by atoms with Gasteiger partial charge in [0.05, 0.1) is 14.2 Å². The van der Waals surface area contributed by atoms with Crippen LogP contribution in [0.2, 0.25) is 0 Å². The lowest BCUT2D eigenvalue weighted by atomic mass is 9.67. The topological polar surface area (TPSA) is 44.5 Å². The molecule has 0 aliphatic heterocycles. The van der Waals surface area contributed by atoms with Gasteiger partial charge < -0.3 is 15.2 Å². The Balaban J connectivity index is 2.66. The van der Waals surface area contributed by atoms with E-state index in [1.165, 1.54) is 30.4 Å². The Hall–Kier alpha value is -1.22. The zero-order valence-corrected chi connectivity index (χ0v) is 13.2. The SMILES string of the molecule is COc1cc(C)c(OC)c(C2(CN)CCCCC2)c1C. The molecule has 1 aliphatic carbocycles. The summed E-state index contributed by atoms with van der Waals surface area (Å²) in [7, 11) is 3.48. The van der Waals surface area contributed by atoms with Crippen molar-refractivity contribution in [2.24, 2.45) is 5.73 Å². The molecule has 0 aromatic heterocycles. The molecule has 0 bridgehead atoms. The van der Waals surface area contributed by atoms with E-state index >= 15 is 0 Å². The van der Waals surface area contributed by atoms with Crippen LogP contribution >= 0.6 is 0 Å². The summed E-state index contributed by atoms with van der Waals surface area (Å²) in [6.45, 7) is 4.89. The maximum absolute atomic E-state index is 6.21. The maximum atomic E-state index is 6.21. The van der Waals surface area contributed by atoms with Crippen LogP contribution in [0.3, 0.4) is 0 Å². The van der Waals surface area contributed by atoms with Crippen molar-refractivity contribution in [3.63, 3.8) is 0 Å². The summed E-state index contributed by atoms with van der Waals surface area (Å²) in [5, 5.41) is 0. The van der Waals surface area contributed by atoms with E-state index in [1.807, 2.05) is 0 Å². The average Bonchev–Trinajstić information content (AvgIpc) is 2.49. The Morgan fingerprint density at radius 3 is 2.25 bits per heavy atom. The fourth-order valence-electron chi connectivity index (χ4n) is 3.76. The molecule has 1 aromatic rings. The molecule has 2 N–H and O–H groups in total. The molecule has 3 nitrogen and oxygen atoms in total. The Kier molecular flexibility index (Phi) is 4.59. The number of methoxy groups -OCH3 is 2. The van der Waals surface area contributed by atoms with Gasteiger partial charge in [0.1, 0.15) is 11.5 Å². The highest BCUT2D eigenvalue weighted by Gasteiger charge is 2.37. The smallest absolute Gasteiger partial charge is 0.126 e. The van der Waals surface area contributed by atoms with E-state index in [9.17, 15) is 0 Å². The number of hydrogen-bond donors (Lipinski definition) is 1. The zero-order chi connectivity index (χ0) is 14.8. The summed E-state index contributed by atoms with van der Waals surface area (Å²) >= 11 is 0. The third kappa shape index (κ3) is 2.39. The Labute approximate surface area is 122 Å². The second kappa shape index (κ2) is 6.04. The van der Waals surface area contributed by atoms with Gasteiger partial charge >= 0.3 is 0 Å². The number of ether oxygens (including phenoxy) is 2. The Morgan fingerprint density at radius 1 is 1.10 bits per heavy atom. The van der Waals surface area contributed by atoms with Gasteiger partial charge in [-0.15, -0.1) is 0 Å². The molecule has 20 heavy (non-hydrogen) atoms. The summed E-state index contributed by atoms with van der Waals surface area (Å²) in [5.74, 6) is 1.94. The van der Waals surface area contributed by atoms with Crippen LogP contribution in [-0.2, 0) is 5.41 Å². The molecule has 0 amide bonds. The van der Waals surface area contributed by atoms with Crippen molar-refractivity contribution in [3.8, 4) is 11.5 Å². The summed E-state index contributed by atoms with van der Waals surface area (Å²) in [5.41, 5.74) is 9.84. The minimum absolute atomic E-state index is 0.0486. The van der Waals surface area contributed by atoms with Gasteiger partial charge in [0, 0.05) is 17.5 Å². The predicted molar refractivity (Wildman–Crippen MR) is 82.8 cm³/mol. The van der Waals surface area contributed by atoms with Crippen LogP contribution in [0.1, 0.15) is 48.8 Å². The molecule has 2 rings (SSSR count). The first-order valence-electron chi connectivity index (χ1n) is 7.52. The largest absolute Gasteiger partial charge is 0.496 e. The molecule has 0 radical (unpaired) electrons. The quantitative estimate of drug-likeness (QED) is 0.916. The molecule has 0 unspecified atom stereocenters. The van der Waals surface area contributed by atoms with E-state index in [0.29, 0.717) is 6.54 Å². The minimum atomic E-state index is 0.0486. The van der Waals surface area contributed by atoms with Crippen molar-refractivity contribution >= 4 is 0 Å². The van der Waals surface area contributed by atoms with Crippen LogP contribution in [0.25, 0.3) is 0 Å². The van der Waals surface area contributed by atoms with Gasteiger partial charge in [-0.25, -0.2) is 0 Å². The Morgan fingerprint density at radius 2 is 1.75 bits per heavy atom. The predicted octanol–water partition coefficient (Wildman–Crippen LogP) is 3.48. The van der Waals surface area contributed by atoms with Crippen molar-refractivity contribution in [2.75, 3.05) is 20.8 Å². The number of hydrogen-bond acceptors (Lipinski definition) is 3. The summed E-state index contributed by atoms with van der Waals surface area (Å²) in [4.78, 5) is 0. The van der Waals surface area contributed by atoms with Gasteiger partial charge in [-0.3, -0.25) is 0 Å². The first-order chi connectivity index (χ1) is 9.59. The van der Waals surface area contributed by atoms with Crippen molar-refractivity contribution in [3.05, 3.63) is 22.8 Å². The standard InChI is InChI=1S/C17H27NO2/c1-12-10-14(19-3)13(2)15(16(12)20-4)17(11-18)8-6-5-7-9-17/h10H,5-9,11,18H2,1-4H3. The van der Waals surface area contributed by atoms with Crippen LogP contribution in [-0.4, -0.2) is 20.8 Å². The third-order valence-corrected chi connectivity index (χ3v) is 4.83. The Bertz CT molecular complexity index is 476. The minimum Gasteiger partial charge on any atom is -0.496 e. The van der Waals surface area contributed by atoms with Crippen LogP contribution in [0, 0.1) is 13.8 Å². The lowest BCUT2D eigenvalue weighted by Crippen LogP contribution is -2.38. The normalized spacial score (nSPS) is 17.9. The average molecular weight is 277 g/mol. The van der Waals surface area contributed by atoms with Gasteiger partial charge in [-0.1, -0.05) is 19.3 Å². The van der Waals surface area contributed by atoms with Crippen LogP contribution in [0.5, 0.6) is 11.5 Å². The molecule has 0 atom stereocenters. The molecule has 0 spiro atoms. The number of aryl methyl sites for hydroxylation is 1. The highest BCUT2D eigenvalue weighted by molar-refractivity contribution is 5.56. The van der Waals surface area contributed by atoms with E-state index in [2.05, 4.69) is 19.9 Å². The fraction of sp³-hybridized carbons (Fsp3) is 0.647. The van der Waals surface area contributed by atoms with Gasteiger partial charge in [0.25, 0.3) is 0 Å². The van der Waals surface area contributed by atoms with Crippen molar-refractivity contribution in [2.45, 2.75) is 51.4 Å². The second-order valence-corrected chi connectivity index (χ2v) is 5.97. The van der Waals surface area contributed by atoms with Crippen LogP contribution < -0.4 is 15.2 Å². The van der Waals surface area contributed by atoms with Gasteiger partial charge in [-0.2, -0.15) is 0 Å². The van der Waals surface area contributed by atoms with Gasteiger partial charge in [0.15, 0.2) is 0 Å². The summed E-state index contributed by atoms with van der Waals surface area (Å²) in [6.07, 6.45) is 6.10. The van der Waals surface area contributed by atoms with Gasteiger partial charge in [0.2, 0.25) is 0 Å². The van der Waals surface area contributed by atoms with E-state index in [1.54, 1.807) is 14.2 Å². The zero-order valence-electron chi connectivity index (χ0n) is 13.2. The molecule has 1 aliphatic rings. The first-order valence-corrected chi connectivity index (χ1v) is 7.52. The van der Waals surface area contributed by atoms with Crippen molar-refractivity contribution in [1.29, 1.82) is 0 Å². The molecule has 0 saturated heterocycles. The highest BCUT2D eigenvalue weighted by Crippen LogP contribution is 2.47. The fourth-order valence-corrected chi connectivity index (χ4v) is 3.76. The molecule has 1 saturated carbocycles. The molecule has 3 heteroatoms. The number of rotatable bonds is 4. The van der Waals surface area contributed by atoms with Crippen LogP contribution in [0.15, 0.2) is 6.07 Å². The number of benzene rings is 1. The monoisotopic (exact) mass is 277 g/mol. The second-order valence-electron chi connectivity index (χ2n) is 5.97. The van der Waals surface area contributed by atoms with E-state index < -0.39 is 0 Å². The molecule has 112 valence electrons. The van der Waals surface area contributed by atoms with E-state index in [0.717, 1.165) is 29.9 Å². The lowest BCUT2D eigenvalue weighted by Gasteiger charge is -2.39. The highest BCUT2D eigenvalue weighted by atomic mass is 16.5. The van der Waals surface area contributed by atoms with E-state index in [-0.39, 0.29) is 5.41 Å². The molecule has 1 aromatic carbocycles. The van der Waals surface area contributed by atoms with Crippen molar-refractivity contribution in [1.82, 2.24) is 0 Å². The third-order valence-electron chi connectivity index (χ3n) is 4.83. The maximum Gasteiger partial charge on any atom is 0.126 e.